The number of nitrogens with zero attached hydrogens (tertiary/aromatic N) is 1. The second-order valence-corrected chi connectivity index (χ2v) is 7.76. The van der Waals surface area contributed by atoms with E-state index >= 15 is 0 Å². The highest BCUT2D eigenvalue weighted by Crippen LogP contribution is 2.40. The molecule has 0 radical (unpaired) electrons. The van der Waals surface area contributed by atoms with E-state index in [0.29, 0.717) is 12.1 Å². The molecule has 3 nitrogen and oxygen atoms in total. The normalized spacial score (nSPS) is 27.3. The fourth-order valence-electron chi connectivity index (χ4n) is 3.75. The topological polar surface area (TPSA) is 29.5 Å². The third-order valence-electron chi connectivity index (χ3n) is 4.73. The SMILES string of the molecule is CSC1CC2CCC(C1)N2C(=O)c1ccc(OC(C)C)cc1. The first-order chi connectivity index (χ1) is 10.6. The number of thioether (sulfide) groups is 1. The van der Waals surface area contributed by atoms with Crippen LogP contribution in [0.25, 0.3) is 0 Å². The second-order valence-electron chi connectivity index (χ2n) is 6.62. The van der Waals surface area contributed by atoms with Crippen molar-refractivity contribution in [1.82, 2.24) is 4.90 Å². The molecule has 1 aromatic carbocycles. The number of benzene rings is 1. The molecule has 2 unspecified atom stereocenters. The molecular formula is C18H25NO2S. The van der Waals surface area contributed by atoms with E-state index in [2.05, 4.69) is 11.2 Å². The zero-order valence-corrected chi connectivity index (χ0v) is 14.4. The van der Waals surface area contributed by atoms with E-state index < -0.39 is 0 Å². The van der Waals surface area contributed by atoms with Crippen LogP contribution >= 0.6 is 11.8 Å². The lowest BCUT2D eigenvalue weighted by Crippen LogP contribution is -2.47. The van der Waals surface area contributed by atoms with E-state index in [0.717, 1.165) is 29.4 Å². The molecule has 1 amide bonds. The van der Waals surface area contributed by atoms with Crippen molar-refractivity contribution in [2.45, 2.75) is 63.0 Å². The number of hydrogen-bond donors (Lipinski definition) is 0. The van der Waals surface area contributed by atoms with Gasteiger partial charge in [0.15, 0.2) is 0 Å². The fraction of sp³-hybridized carbons (Fsp3) is 0.611. The Kier molecular flexibility index (Phi) is 4.67. The standard InChI is InChI=1S/C18H25NO2S/c1-12(2)21-16-8-4-13(5-9-16)18(20)19-14-6-7-15(19)11-17(10-14)22-3/h4-5,8-9,12,14-15,17H,6-7,10-11H2,1-3H3. The number of piperidine rings is 1. The molecule has 2 aliphatic rings. The lowest BCUT2D eigenvalue weighted by atomic mass is 10.0. The Balaban J connectivity index is 1.72. The minimum atomic E-state index is 0.156. The molecule has 3 rings (SSSR count). The monoisotopic (exact) mass is 319 g/mol. The molecule has 0 aliphatic carbocycles. The predicted octanol–water partition coefficient (Wildman–Crippen LogP) is 3.97. The molecule has 2 atom stereocenters. The average Bonchev–Trinajstić information content (AvgIpc) is 2.76. The Morgan fingerprint density at radius 3 is 2.27 bits per heavy atom. The molecule has 0 N–H and O–H groups in total. The highest BCUT2D eigenvalue weighted by atomic mass is 32.2. The number of amides is 1. The van der Waals surface area contributed by atoms with Crippen molar-refractivity contribution >= 4 is 17.7 Å². The highest BCUT2D eigenvalue weighted by Gasteiger charge is 2.43. The number of carbonyl (C=O) groups is 1. The summed E-state index contributed by atoms with van der Waals surface area (Å²) in [5.41, 5.74) is 0.788. The highest BCUT2D eigenvalue weighted by molar-refractivity contribution is 7.99. The molecule has 2 saturated heterocycles. The maximum Gasteiger partial charge on any atom is 0.254 e. The summed E-state index contributed by atoms with van der Waals surface area (Å²) < 4.78 is 5.65. The maximum atomic E-state index is 12.9. The molecule has 2 aliphatic heterocycles. The van der Waals surface area contributed by atoms with Gasteiger partial charge in [0.05, 0.1) is 6.10 Å². The van der Waals surface area contributed by atoms with Crippen molar-refractivity contribution < 1.29 is 9.53 Å². The molecule has 0 saturated carbocycles. The zero-order valence-electron chi connectivity index (χ0n) is 13.6. The first kappa shape index (κ1) is 15.7. The van der Waals surface area contributed by atoms with Gasteiger partial charge in [0, 0.05) is 22.9 Å². The summed E-state index contributed by atoms with van der Waals surface area (Å²) in [6, 6.07) is 8.50. The lowest BCUT2D eigenvalue weighted by molar-refractivity contribution is 0.0601. The molecule has 22 heavy (non-hydrogen) atoms. The van der Waals surface area contributed by atoms with Gasteiger partial charge in [0.1, 0.15) is 5.75 Å². The van der Waals surface area contributed by atoms with Crippen LogP contribution in [0.4, 0.5) is 0 Å². The molecule has 0 aromatic heterocycles. The quantitative estimate of drug-likeness (QED) is 0.841. The number of fused-ring (bicyclic) bond motifs is 2. The third-order valence-corrected chi connectivity index (χ3v) is 5.78. The molecule has 4 heteroatoms. The molecule has 2 fully saturated rings. The van der Waals surface area contributed by atoms with E-state index in [1.807, 2.05) is 49.9 Å². The van der Waals surface area contributed by atoms with E-state index in [9.17, 15) is 4.79 Å². The molecule has 120 valence electrons. The van der Waals surface area contributed by atoms with Gasteiger partial charge in [-0.2, -0.15) is 11.8 Å². The van der Waals surface area contributed by atoms with Gasteiger partial charge in [-0.25, -0.2) is 0 Å². The molecular weight excluding hydrogens is 294 g/mol. The first-order valence-corrected chi connectivity index (χ1v) is 9.49. The number of rotatable bonds is 4. The number of hydrogen-bond acceptors (Lipinski definition) is 3. The van der Waals surface area contributed by atoms with Crippen LogP contribution in [-0.4, -0.2) is 40.5 Å². The van der Waals surface area contributed by atoms with E-state index in [1.54, 1.807) is 0 Å². The van der Waals surface area contributed by atoms with E-state index in [-0.39, 0.29) is 12.0 Å². The minimum Gasteiger partial charge on any atom is -0.491 e. The number of carbonyl (C=O) groups excluding carboxylic acids is 1. The summed E-state index contributed by atoms with van der Waals surface area (Å²) in [6.45, 7) is 4.01. The van der Waals surface area contributed by atoms with Crippen LogP contribution in [0.3, 0.4) is 0 Å². The summed E-state index contributed by atoms with van der Waals surface area (Å²) in [6.07, 6.45) is 6.98. The van der Waals surface area contributed by atoms with Gasteiger partial charge in [0.25, 0.3) is 5.91 Å². The molecule has 2 heterocycles. The summed E-state index contributed by atoms with van der Waals surface area (Å²) in [4.78, 5) is 15.0. The zero-order chi connectivity index (χ0) is 15.7. The van der Waals surface area contributed by atoms with Crippen molar-refractivity contribution in [3.63, 3.8) is 0 Å². The summed E-state index contributed by atoms with van der Waals surface area (Å²) in [7, 11) is 0. The van der Waals surface area contributed by atoms with Crippen molar-refractivity contribution in [3.05, 3.63) is 29.8 Å². The summed E-state index contributed by atoms with van der Waals surface area (Å²) >= 11 is 1.96. The van der Waals surface area contributed by atoms with Crippen LogP contribution in [0.2, 0.25) is 0 Å². The van der Waals surface area contributed by atoms with Crippen molar-refractivity contribution in [1.29, 1.82) is 0 Å². The largest absolute Gasteiger partial charge is 0.491 e. The smallest absolute Gasteiger partial charge is 0.254 e. The van der Waals surface area contributed by atoms with Crippen LogP contribution in [0, 0.1) is 0 Å². The van der Waals surface area contributed by atoms with Crippen LogP contribution in [0.1, 0.15) is 49.9 Å². The lowest BCUT2D eigenvalue weighted by Gasteiger charge is -2.38. The van der Waals surface area contributed by atoms with Gasteiger partial charge in [-0.3, -0.25) is 4.79 Å². The van der Waals surface area contributed by atoms with Gasteiger partial charge < -0.3 is 9.64 Å². The van der Waals surface area contributed by atoms with Gasteiger partial charge >= 0.3 is 0 Å². The Morgan fingerprint density at radius 2 is 1.77 bits per heavy atom. The fourth-order valence-corrected chi connectivity index (χ4v) is 4.58. The van der Waals surface area contributed by atoms with Gasteiger partial charge in [-0.15, -0.1) is 0 Å². The first-order valence-electron chi connectivity index (χ1n) is 8.20. The molecule has 2 bridgehead atoms. The third kappa shape index (κ3) is 3.12. The van der Waals surface area contributed by atoms with Crippen molar-refractivity contribution in [3.8, 4) is 5.75 Å². The molecule has 1 aromatic rings. The van der Waals surface area contributed by atoms with Crippen LogP contribution in [0.5, 0.6) is 5.75 Å². The average molecular weight is 319 g/mol. The van der Waals surface area contributed by atoms with Gasteiger partial charge in [-0.05, 0) is 70.1 Å². The molecule has 0 spiro atoms. The van der Waals surface area contributed by atoms with Gasteiger partial charge in [-0.1, -0.05) is 0 Å². The second kappa shape index (κ2) is 6.53. The Morgan fingerprint density at radius 1 is 1.18 bits per heavy atom. The number of ether oxygens (including phenoxy) is 1. The Bertz CT molecular complexity index is 514. The summed E-state index contributed by atoms with van der Waals surface area (Å²) in [5, 5.41) is 0.725. The van der Waals surface area contributed by atoms with Crippen molar-refractivity contribution in [2.75, 3.05) is 6.26 Å². The Hall–Kier alpha value is -1.16. The maximum absolute atomic E-state index is 12.9. The van der Waals surface area contributed by atoms with E-state index in [1.165, 1.54) is 12.8 Å². The van der Waals surface area contributed by atoms with E-state index in [4.69, 9.17) is 4.74 Å². The summed E-state index contributed by atoms with van der Waals surface area (Å²) in [5.74, 6) is 1.03. The van der Waals surface area contributed by atoms with Crippen LogP contribution < -0.4 is 4.74 Å². The van der Waals surface area contributed by atoms with Crippen LogP contribution in [0.15, 0.2) is 24.3 Å². The predicted molar refractivity (Wildman–Crippen MR) is 91.7 cm³/mol. The van der Waals surface area contributed by atoms with Gasteiger partial charge in [0.2, 0.25) is 0 Å². The Labute approximate surface area is 137 Å². The van der Waals surface area contributed by atoms with Crippen LogP contribution in [-0.2, 0) is 0 Å². The van der Waals surface area contributed by atoms with Crippen molar-refractivity contribution in [2.24, 2.45) is 0 Å². The minimum absolute atomic E-state index is 0.156.